The molecule has 0 saturated heterocycles. The summed E-state index contributed by atoms with van der Waals surface area (Å²) >= 11 is 0. The Balaban J connectivity index is 4.52. The van der Waals surface area contributed by atoms with Gasteiger partial charge >= 0.3 is 11.9 Å². The molecule has 70 heavy (non-hydrogen) atoms. The third kappa shape index (κ3) is 52.7. The van der Waals surface area contributed by atoms with Gasteiger partial charge in [0.25, 0.3) is 7.82 Å². The quantitative estimate of drug-likeness (QED) is 0.0195. The summed E-state index contributed by atoms with van der Waals surface area (Å²) in [6.07, 6.45) is 75.5. The van der Waals surface area contributed by atoms with E-state index >= 15 is 0 Å². The number of likely N-dealkylation sites (N-methyl/N-ethyl adjacent to an activating group) is 1. The summed E-state index contributed by atoms with van der Waals surface area (Å²) in [5, 5.41) is 0. The molecule has 0 aromatic rings. The first-order valence-corrected chi connectivity index (χ1v) is 27.3. The fourth-order valence-electron chi connectivity index (χ4n) is 5.81. The van der Waals surface area contributed by atoms with Crippen LogP contribution < -0.4 is 4.89 Å². The maximum atomic E-state index is 12.7. The lowest BCUT2D eigenvalue weighted by Gasteiger charge is -2.28. The fraction of sp³-hybridized carbons (Fsp3) is 0.500. The van der Waals surface area contributed by atoms with Crippen LogP contribution in [-0.4, -0.2) is 70.0 Å². The molecule has 0 aliphatic rings. The molecule has 2 unspecified atom stereocenters. The fourth-order valence-corrected chi connectivity index (χ4v) is 6.54. The molecule has 0 saturated carbocycles. The van der Waals surface area contributed by atoms with Crippen molar-refractivity contribution < 1.29 is 42.1 Å². The van der Waals surface area contributed by atoms with Crippen molar-refractivity contribution in [2.75, 3.05) is 47.5 Å². The number of phosphoric ester groups is 1. The summed E-state index contributed by atoms with van der Waals surface area (Å²) in [6, 6.07) is 0. The molecule has 0 heterocycles. The van der Waals surface area contributed by atoms with Gasteiger partial charge in [0.05, 0.1) is 27.7 Å². The predicted octanol–water partition coefficient (Wildman–Crippen LogP) is 15.3. The first kappa shape index (κ1) is 65.4. The van der Waals surface area contributed by atoms with Gasteiger partial charge in [-0.25, -0.2) is 0 Å². The average molecular weight is 986 g/mol. The Kier molecular flexibility index (Phi) is 46.1. The number of carbonyl (C=O) groups is 2. The zero-order valence-electron chi connectivity index (χ0n) is 43.9. The third-order valence-electron chi connectivity index (χ3n) is 9.73. The Morgan fingerprint density at radius 2 is 0.743 bits per heavy atom. The molecule has 10 heteroatoms. The molecule has 2 atom stereocenters. The van der Waals surface area contributed by atoms with Gasteiger partial charge in [0.1, 0.15) is 19.8 Å². The van der Waals surface area contributed by atoms with E-state index in [1.54, 1.807) is 0 Å². The van der Waals surface area contributed by atoms with Gasteiger partial charge in [-0.15, -0.1) is 0 Å². The number of esters is 2. The highest BCUT2D eigenvalue weighted by Gasteiger charge is 2.21. The van der Waals surface area contributed by atoms with Crippen LogP contribution in [0.25, 0.3) is 0 Å². The highest BCUT2D eigenvalue weighted by molar-refractivity contribution is 7.45. The van der Waals surface area contributed by atoms with E-state index in [-0.39, 0.29) is 26.1 Å². The molecule has 0 aliphatic carbocycles. The molecule has 0 spiro atoms. The Morgan fingerprint density at radius 3 is 1.06 bits per heavy atom. The predicted molar refractivity (Wildman–Crippen MR) is 295 cm³/mol. The minimum absolute atomic E-state index is 0.0623. The van der Waals surface area contributed by atoms with Crippen molar-refractivity contribution in [3.8, 4) is 0 Å². The van der Waals surface area contributed by atoms with E-state index in [1.165, 1.54) is 0 Å². The Labute approximate surface area is 426 Å². The molecule has 0 radical (unpaired) electrons. The van der Waals surface area contributed by atoms with Crippen molar-refractivity contribution in [3.05, 3.63) is 170 Å². The van der Waals surface area contributed by atoms with Crippen LogP contribution in [0.3, 0.4) is 0 Å². The maximum Gasteiger partial charge on any atom is 0.306 e. The number of quaternary nitrogens is 1. The number of ether oxygens (including phenoxy) is 2. The summed E-state index contributed by atoms with van der Waals surface area (Å²) in [4.78, 5) is 37.7. The number of phosphoric acid groups is 1. The SMILES string of the molecule is CC/C=C\C/C=C\C/C=C\C/C=C\C/C=C\C/C=C\C/C=C\CCCC(=O)OCC(COP(=O)([O-])OCC[N+](C)(C)C)OC(=O)CCC/C=C\C/C=C\C/C=C\C/C=C\C/C=C\C/C=C\C/C=C\CC. The number of nitrogens with zero attached hydrogens (tertiary/aromatic N) is 1. The topological polar surface area (TPSA) is 111 Å². The zero-order chi connectivity index (χ0) is 51.3. The van der Waals surface area contributed by atoms with Crippen LogP contribution in [0.1, 0.15) is 142 Å². The van der Waals surface area contributed by atoms with Gasteiger partial charge in [0.2, 0.25) is 0 Å². The van der Waals surface area contributed by atoms with Crippen molar-refractivity contribution in [3.63, 3.8) is 0 Å². The van der Waals surface area contributed by atoms with E-state index in [0.717, 1.165) is 89.9 Å². The molecule has 0 N–H and O–H groups in total. The molecule has 0 amide bonds. The van der Waals surface area contributed by atoms with Crippen molar-refractivity contribution >= 4 is 19.8 Å². The summed E-state index contributed by atoms with van der Waals surface area (Å²) in [5.41, 5.74) is 0. The maximum absolute atomic E-state index is 12.7. The van der Waals surface area contributed by atoms with E-state index in [4.69, 9.17) is 18.5 Å². The minimum atomic E-state index is -4.68. The second-order valence-corrected chi connectivity index (χ2v) is 18.8. The van der Waals surface area contributed by atoms with Crippen LogP contribution in [0.5, 0.6) is 0 Å². The van der Waals surface area contributed by atoms with E-state index < -0.39 is 32.5 Å². The molecule has 0 aromatic carbocycles. The van der Waals surface area contributed by atoms with E-state index in [1.807, 2.05) is 33.3 Å². The second kappa shape index (κ2) is 49.4. The number of allylic oxidation sites excluding steroid dienone is 28. The van der Waals surface area contributed by atoms with Crippen molar-refractivity contribution in [1.29, 1.82) is 0 Å². The Morgan fingerprint density at radius 1 is 0.443 bits per heavy atom. The van der Waals surface area contributed by atoms with Crippen LogP contribution in [-0.2, 0) is 32.7 Å². The van der Waals surface area contributed by atoms with Gasteiger partial charge in [0.15, 0.2) is 6.10 Å². The normalized spacial score (nSPS) is 14.8. The first-order valence-electron chi connectivity index (χ1n) is 25.8. The standard InChI is InChI=1S/C60H92NO8P/c1-6-8-10-12-14-16-18-20-22-24-26-28-30-32-34-36-38-40-42-44-46-48-50-52-59(62)66-56-58(57-68-70(64,65)67-55-54-61(3,4)5)69-60(63)53-51-49-47-45-43-41-39-37-35-33-31-29-27-25-23-21-19-17-15-13-11-9-7-2/h8-11,14-17,20-23,26-29,32-35,38-41,44-47,58H,6-7,12-13,18-19,24-25,30-31,36-37,42-43,48-57H2,1-5H3/b10-8-,11-9-,16-14-,17-15-,22-20-,23-21-,28-26-,29-27-,34-32-,35-33-,40-38-,41-39-,46-44-,47-45-. The summed E-state index contributed by atoms with van der Waals surface area (Å²) in [7, 11) is 1.06. The number of hydrogen-bond donors (Lipinski definition) is 0. The molecular weight excluding hydrogens is 894 g/mol. The van der Waals surface area contributed by atoms with E-state index in [0.29, 0.717) is 36.7 Å². The van der Waals surface area contributed by atoms with E-state index in [9.17, 15) is 19.0 Å². The molecule has 0 aliphatic heterocycles. The molecule has 0 bridgehead atoms. The number of carbonyl (C=O) groups excluding carboxylic acids is 2. The minimum Gasteiger partial charge on any atom is -0.756 e. The van der Waals surface area contributed by atoms with Gasteiger partial charge in [-0.05, 0) is 116 Å². The zero-order valence-corrected chi connectivity index (χ0v) is 44.8. The van der Waals surface area contributed by atoms with Crippen LogP contribution in [0.15, 0.2) is 170 Å². The smallest absolute Gasteiger partial charge is 0.306 e. The van der Waals surface area contributed by atoms with Crippen LogP contribution in [0.2, 0.25) is 0 Å². The highest BCUT2D eigenvalue weighted by Crippen LogP contribution is 2.38. The largest absolute Gasteiger partial charge is 0.756 e. The Hall–Kier alpha value is -4.63. The van der Waals surface area contributed by atoms with Gasteiger partial charge < -0.3 is 27.9 Å². The van der Waals surface area contributed by atoms with E-state index in [2.05, 4.69) is 172 Å². The van der Waals surface area contributed by atoms with Crippen molar-refractivity contribution in [1.82, 2.24) is 0 Å². The lowest BCUT2D eigenvalue weighted by molar-refractivity contribution is -0.870. The Bertz CT molecular complexity index is 1780. The van der Waals surface area contributed by atoms with Gasteiger partial charge in [-0.1, -0.05) is 184 Å². The van der Waals surface area contributed by atoms with Gasteiger partial charge in [-0.2, -0.15) is 0 Å². The molecule has 0 aromatic heterocycles. The van der Waals surface area contributed by atoms with Gasteiger partial charge in [-0.3, -0.25) is 14.2 Å². The molecule has 0 rings (SSSR count). The summed E-state index contributed by atoms with van der Waals surface area (Å²) in [6.45, 7) is 3.83. The van der Waals surface area contributed by atoms with Crippen LogP contribution in [0.4, 0.5) is 0 Å². The molecule has 9 nitrogen and oxygen atoms in total. The summed E-state index contributed by atoms with van der Waals surface area (Å²) < 4.78 is 33.9. The highest BCUT2D eigenvalue weighted by atomic mass is 31.2. The molecule has 0 fully saturated rings. The first-order chi connectivity index (χ1) is 34.0. The molecule has 390 valence electrons. The number of hydrogen-bond acceptors (Lipinski definition) is 8. The number of unbranched alkanes of at least 4 members (excludes halogenated alkanes) is 2. The van der Waals surface area contributed by atoms with Crippen molar-refractivity contribution in [2.45, 2.75) is 148 Å². The lowest BCUT2D eigenvalue weighted by atomic mass is 10.2. The lowest BCUT2D eigenvalue weighted by Crippen LogP contribution is -2.37. The average Bonchev–Trinajstić information content (AvgIpc) is 3.32. The van der Waals surface area contributed by atoms with Crippen molar-refractivity contribution in [2.24, 2.45) is 0 Å². The summed E-state index contributed by atoms with van der Waals surface area (Å²) in [5.74, 6) is -0.994. The monoisotopic (exact) mass is 986 g/mol. The second-order valence-electron chi connectivity index (χ2n) is 17.4. The number of rotatable bonds is 44. The van der Waals surface area contributed by atoms with Gasteiger partial charge in [0, 0.05) is 12.8 Å². The van der Waals surface area contributed by atoms with Crippen LogP contribution in [0, 0.1) is 0 Å². The van der Waals surface area contributed by atoms with Crippen LogP contribution >= 0.6 is 7.82 Å². The molecular formula is C60H92NO8P. The third-order valence-corrected chi connectivity index (χ3v) is 10.7.